The predicted molar refractivity (Wildman–Crippen MR) is 107 cm³/mol. The van der Waals surface area contributed by atoms with E-state index in [9.17, 15) is 4.79 Å². The second-order valence-electron chi connectivity index (χ2n) is 7.15. The van der Waals surface area contributed by atoms with E-state index in [-0.39, 0.29) is 19.2 Å². The number of nitrogens with zero attached hydrogens (tertiary/aromatic N) is 1. The number of hydrogen-bond donors (Lipinski definition) is 2. The summed E-state index contributed by atoms with van der Waals surface area (Å²) < 4.78 is 5.22. The Balaban J connectivity index is 3.33. The molecule has 0 amide bonds. The molecule has 0 saturated carbocycles. The van der Waals surface area contributed by atoms with Crippen LogP contribution in [0.25, 0.3) is 0 Å². The Morgan fingerprint density at radius 1 is 0.731 bits per heavy atom. The zero-order chi connectivity index (χ0) is 19.3. The van der Waals surface area contributed by atoms with Gasteiger partial charge in [0, 0.05) is 26.1 Å². The van der Waals surface area contributed by atoms with E-state index in [0.29, 0.717) is 32.7 Å². The van der Waals surface area contributed by atoms with E-state index in [1.165, 1.54) is 64.2 Å². The fourth-order valence-electron chi connectivity index (χ4n) is 3.09. The molecular weight excluding hydrogens is 330 g/mol. The second kappa shape index (κ2) is 20.7. The molecule has 0 atom stereocenters. The Hall–Kier alpha value is -0.650. The van der Waals surface area contributed by atoms with Gasteiger partial charge in [0.25, 0.3) is 0 Å². The first kappa shape index (κ1) is 25.4. The van der Waals surface area contributed by atoms with E-state index in [1.807, 2.05) is 4.90 Å². The van der Waals surface area contributed by atoms with Gasteiger partial charge in [0.2, 0.25) is 0 Å². The average molecular weight is 374 g/mol. The molecule has 26 heavy (non-hydrogen) atoms. The first-order valence-electron chi connectivity index (χ1n) is 10.8. The van der Waals surface area contributed by atoms with Crippen LogP contribution in [0.2, 0.25) is 0 Å². The average Bonchev–Trinajstić information content (AvgIpc) is 2.63. The van der Waals surface area contributed by atoms with Gasteiger partial charge >= 0.3 is 5.97 Å². The summed E-state index contributed by atoms with van der Waals surface area (Å²) in [5, 5.41) is 17.8. The molecule has 0 aliphatic carbocycles. The van der Waals surface area contributed by atoms with E-state index >= 15 is 0 Å². The third kappa shape index (κ3) is 18.2. The van der Waals surface area contributed by atoms with Crippen molar-refractivity contribution in [3.05, 3.63) is 0 Å². The number of aliphatic hydroxyl groups is 2. The number of rotatable bonds is 20. The highest BCUT2D eigenvalue weighted by molar-refractivity contribution is 5.69. The smallest absolute Gasteiger partial charge is 0.305 e. The van der Waals surface area contributed by atoms with Crippen LogP contribution in [0.5, 0.6) is 0 Å². The van der Waals surface area contributed by atoms with Gasteiger partial charge < -0.3 is 14.9 Å². The van der Waals surface area contributed by atoms with Crippen molar-refractivity contribution < 1.29 is 19.7 Å². The van der Waals surface area contributed by atoms with Crippen LogP contribution in [0.15, 0.2) is 0 Å². The molecule has 0 aliphatic rings. The quantitative estimate of drug-likeness (QED) is 0.250. The number of aliphatic hydroxyl groups excluding tert-OH is 2. The van der Waals surface area contributed by atoms with Crippen LogP contribution in [-0.4, -0.2) is 60.5 Å². The fourth-order valence-corrected chi connectivity index (χ4v) is 3.09. The lowest BCUT2D eigenvalue weighted by molar-refractivity contribution is -0.144. The Kier molecular flexibility index (Phi) is 20.1. The zero-order valence-electron chi connectivity index (χ0n) is 17.1. The van der Waals surface area contributed by atoms with E-state index in [2.05, 4.69) is 6.92 Å². The maximum atomic E-state index is 11.7. The van der Waals surface area contributed by atoms with Crippen LogP contribution >= 0.6 is 0 Å². The summed E-state index contributed by atoms with van der Waals surface area (Å²) in [6.07, 6.45) is 15.9. The van der Waals surface area contributed by atoms with Gasteiger partial charge in [0.15, 0.2) is 0 Å². The van der Waals surface area contributed by atoms with Crippen molar-refractivity contribution in [3.63, 3.8) is 0 Å². The molecule has 0 bridgehead atoms. The van der Waals surface area contributed by atoms with E-state index in [4.69, 9.17) is 14.9 Å². The van der Waals surface area contributed by atoms with Gasteiger partial charge in [-0.1, -0.05) is 77.6 Å². The summed E-state index contributed by atoms with van der Waals surface area (Å²) in [5.41, 5.74) is 0. The molecule has 5 nitrogen and oxygen atoms in total. The van der Waals surface area contributed by atoms with Gasteiger partial charge in [-0.15, -0.1) is 0 Å². The number of carbonyl (C=O) groups is 1. The van der Waals surface area contributed by atoms with Crippen molar-refractivity contribution in [1.29, 1.82) is 0 Å². The number of esters is 1. The SMILES string of the molecule is CCCCCCCCCCCCCCC(=O)OCCN(CCO)CCO. The van der Waals surface area contributed by atoms with E-state index < -0.39 is 0 Å². The molecule has 0 fully saturated rings. The standard InChI is InChI=1S/C21H43NO4/c1-2-3-4-5-6-7-8-9-10-11-12-13-14-21(25)26-20-17-22(15-18-23)16-19-24/h23-24H,2-20H2,1H3. The van der Waals surface area contributed by atoms with Crippen LogP contribution < -0.4 is 0 Å². The van der Waals surface area contributed by atoms with Crippen molar-refractivity contribution in [2.24, 2.45) is 0 Å². The monoisotopic (exact) mass is 373 g/mol. The lowest BCUT2D eigenvalue weighted by Gasteiger charge is -2.19. The summed E-state index contributed by atoms with van der Waals surface area (Å²) in [6, 6.07) is 0. The van der Waals surface area contributed by atoms with Crippen LogP contribution in [0, 0.1) is 0 Å². The van der Waals surface area contributed by atoms with Gasteiger partial charge in [0.05, 0.1) is 13.2 Å². The molecule has 0 aromatic heterocycles. The lowest BCUT2D eigenvalue weighted by Crippen LogP contribution is -2.33. The fraction of sp³-hybridized carbons (Fsp3) is 0.952. The van der Waals surface area contributed by atoms with Gasteiger partial charge in [-0.05, 0) is 6.42 Å². The third-order valence-electron chi connectivity index (χ3n) is 4.74. The van der Waals surface area contributed by atoms with Crippen molar-refractivity contribution in [2.45, 2.75) is 90.4 Å². The summed E-state index contributed by atoms with van der Waals surface area (Å²) in [4.78, 5) is 13.6. The lowest BCUT2D eigenvalue weighted by atomic mass is 10.0. The maximum absolute atomic E-state index is 11.7. The second-order valence-corrected chi connectivity index (χ2v) is 7.15. The zero-order valence-corrected chi connectivity index (χ0v) is 17.1. The number of unbranched alkanes of at least 4 members (excludes halogenated alkanes) is 11. The molecule has 0 radical (unpaired) electrons. The summed E-state index contributed by atoms with van der Waals surface area (Å²) in [6.45, 7) is 4.24. The van der Waals surface area contributed by atoms with Crippen molar-refractivity contribution in [2.75, 3.05) is 39.5 Å². The highest BCUT2D eigenvalue weighted by atomic mass is 16.5. The largest absolute Gasteiger partial charge is 0.464 e. The molecule has 156 valence electrons. The van der Waals surface area contributed by atoms with E-state index in [1.54, 1.807) is 0 Å². The summed E-state index contributed by atoms with van der Waals surface area (Å²) in [5.74, 6) is -0.134. The van der Waals surface area contributed by atoms with Crippen molar-refractivity contribution in [3.8, 4) is 0 Å². The highest BCUT2D eigenvalue weighted by Crippen LogP contribution is 2.12. The molecule has 0 unspecified atom stereocenters. The normalized spacial score (nSPS) is 11.2. The highest BCUT2D eigenvalue weighted by Gasteiger charge is 2.06. The van der Waals surface area contributed by atoms with Gasteiger partial charge in [-0.3, -0.25) is 9.69 Å². The Morgan fingerprint density at radius 2 is 1.19 bits per heavy atom. The molecule has 2 N–H and O–H groups in total. The number of carbonyl (C=O) groups excluding carboxylic acids is 1. The molecule has 0 aromatic carbocycles. The third-order valence-corrected chi connectivity index (χ3v) is 4.74. The molecule has 0 rings (SSSR count). The topological polar surface area (TPSA) is 70.0 Å². The molecule has 0 spiro atoms. The molecule has 0 aromatic rings. The maximum Gasteiger partial charge on any atom is 0.305 e. The van der Waals surface area contributed by atoms with Crippen LogP contribution in [0.3, 0.4) is 0 Å². The van der Waals surface area contributed by atoms with Gasteiger partial charge in [-0.2, -0.15) is 0 Å². The first-order valence-corrected chi connectivity index (χ1v) is 10.8. The molecule has 0 aliphatic heterocycles. The van der Waals surface area contributed by atoms with Crippen LogP contribution in [-0.2, 0) is 9.53 Å². The minimum atomic E-state index is -0.134. The Bertz CT molecular complexity index is 294. The van der Waals surface area contributed by atoms with Gasteiger partial charge in [0.1, 0.15) is 6.61 Å². The summed E-state index contributed by atoms with van der Waals surface area (Å²) in [7, 11) is 0. The minimum Gasteiger partial charge on any atom is -0.464 e. The summed E-state index contributed by atoms with van der Waals surface area (Å²) >= 11 is 0. The van der Waals surface area contributed by atoms with E-state index in [0.717, 1.165) is 12.8 Å². The predicted octanol–water partition coefficient (Wildman–Crippen LogP) is 3.91. The minimum absolute atomic E-state index is 0.0484. The molecule has 0 heterocycles. The molecule has 5 heteroatoms. The Labute approximate surface area is 161 Å². The number of hydrogen-bond acceptors (Lipinski definition) is 5. The number of ether oxygens (including phenoxy) is 1. The Morgan fingerprint density at radius 3 is 1.65 bits per heavy atom. The van der Waals surface area contributed by atoms with Gasteiger partial charge in [-0.25, -0.2) is 0 Å². The van der Waals surface area contributed by atoms with Crippen LogP contribution in [0.4, 0.5) is 0 Å². The van der Waals surface area contributed by atoms with Crippen molar-refractivity contribution in [1.82, 2.24) is 4.90 Å². The van der Waals surface area contributed by atoms with Crippen molar-refractivity contribution >= 4 is 5.97 Å². The first-order chi connectivity index (χ1) is 12.7. The molecule has 0 saturated heterocycles. The van der Waals surface area contributed by atoms with Crippen LogP contribution in [0.1, 0.15) is 90.4 Å². The molecular formula is C21H43NO4.